The summed E-state index contributed by atoms with van der Waals surface area (Å²) in [6, 6.07) is 1.44. The minimum absolute atomic E-state index is 0.0429. The normalized spacial score (nSPS) is 23.5. The molecule has 1 aromatic heterocycles. The smallest absolute Gasteiger partial charge is 0.251 e. The van der Waals surface area contributed by atoms with Crippen molar-refractivity contribution < 1.29 is 14.3 Å². The first-order chi connectivity index (χ1) is 10.6. The summed E-state index contributed by atoms with van der Waals surface area (Å²) in [6.07, 6.45) is 1.23. The highest BCUT2D eigenvalue weighted by Gasteiger charge is 2.31. The van der Waals surface area contributed by atoms with Crippen molar-refractivity contribution >= 4 is 5.91 Å². The highest BCUT2D eigenvalue weighted by Crippen LogP contribution is 2.24. The number of ether oxygens (including phenoxy) is 2. The van der Waals surface area contributed by atoms with E-state index in [-0.39, 0.29) is 23.5 Å². The maximum absolute atomic E-state index is 12.6. The molecule has 1 amide bonds. The first-order valence-corrected chi connectivity index (χ1v) is 7.69. The molecule has 0 spiro atoms. The summed E-state index contributed by atoms with van der Waals surface area (Å²) in [7, 11) is 0. The molecule has 0 aromatic carbocycles. The lowest BCUT2D eigenvalue weighted by Crippen LogP contribution is -2.46. The minimum atomic E-state index is -0.335. The number of nitrogens with zero attached hydrogens (tertiary/aromatic N) is 2. The summed E-state index contributed by atoms with van der Waals surface area (Å²) in [5, 5.41) is 0. The van der Waals surface area contributed by atoms with E-state index in [0.717, 1.165) is 12.8 Å². The second-order valence-electron chi connectivity index (χ2n) is 5.79. The van der Waals surface area contributed by atoms with Crippen LogP contribution in [0.15, 0.2) is 10.9 Å². The van der Waals surface area contributed by atoms with E-state index >= 15 is 0 Å². The van der Waals surface area contributed by atoms with E-state index in [1.807, 2.05) is 4.90 Å². The van der Waals surface area contributed by atoms with Crippen LogP contribution in [0.5, 0.6) is 0 Å². The number of aromatic nitrogens is 2. The van der Waals surface area contributed by atoms with E-state index in [1.165, 1.54) is 6.07 Å². The lowest BCUT2D eigenvalue weighted by atomic mass is 9.98. The lowest BCUT2D eigenvalue weighted by molar-refractivity contribution is -0.146. The van der Waals surface area contributed by atoms with E-state index in [4.69, 9.17) is 9.47 Å². The van der Waals surface area contributed by atoms with Gasteiger partial charge in [-0.15, -0.1) is 0 Å². The quantitative estimate of drug-likeness (QED) is 0.855. The zero-order valence-corrected chi connectivity index (χ0v) is 12.7. The fraction of sp³-hybridized carbons (Fsp3) is 0.667. The third-order valence-corrected chi connectivity index (χ3v) is 4.16. The summed E-state index contributed by atoms with van der Waals surface area (Å²) in [4.78, 5) is 32.9. The summed E-state index contributed by atoms with van der Waals surface area (Å²) in [6.45, 7) is 4.55. The van der Waals surface area contributed by atoms with Crippen molar-refractivity contribution in [1.29, 1.82) is 0 Å². The average molecular weight is 307 g/mol. The van der Waals surface area contributed by atoms with Crippen LogP contribution >= 0.6 is 0 Å². The van der Waals surface area contributed by atoms with E-state index in [9.17, 15) is 9.59 Å². The van der Waals surface area contributed by atoms with E-state index in [2.05, 4.69) is 9.97 Å². The number of H-pyrrole nitrogens is 1. The van der Waals surface area contributed by atoms with Crippen LogP contribution in [0.3, 0.4) is 0 Å². The standard InChI is InChI=1S/C15H21N3O4/c1-10-16-12(8-14(19)17-10)13-9-18(4-7-22-13)15(20)11-2-5-21-6-3-11/h8,11,13H,2-7,9H2,1H3,(H,16,17,19). The number of aryl methyl sites for hydroxylation is 1. The van der Waals surface area contributed by atoms with Crippen LogP contribution in [-0.4, -0.2) is 53.7 Å². The number of hydrogen-bond acceptors (Lipinski definition) is 5. The van der Waals surface area contributed by atoms with Gasteiger partial charge in [0.2, 0.25) is 5.91 Å². The van der Waals surface area contributed by atoms with Crippen molar-refractivity contribution in [2.75, 3.05) is 32.9 Å². The number of carbonyl (C=O) groups excluding carboxylic acids is 1. The zero-order valence-electron chi connectivity index (χ0n) is 12.7. The van der Waals surface area contributed by atoms with Crippen molar-refractivity contribution in [3.63, 3.8) is 0 Å². The molecule has 3 rings (SSSR count). The number of nitrogens with one attached hydrogen (secondary N) is 1. The molecule has 0 radical (unpaired) electrons. The van der Waals surface area contributed by atoms with Crippen molar-refractivity contribution in [3.8, 4) is 0 Å². The van der Waals surface area contributed by atoms with Crippen LogP contribution in [0.2, 0.25) is 0 Å². The Morgan fingerprint density at radius 2 is 2.14 bits per heavy atom. The SMILES string of the molecule is Cc1nc(C2CN(C(=O)C3CCOCC3)CCO2)cc(=O)[nH]1. The molecule has 120 valence electrons. The van der Waals surface area contributed by atoms with Crippen LogP contribution in [0.1, 0.15) is 30.5 Å². The maximum atomic E-state index is 12.6. The van der Waals surface area contributed by atoms with Gasteiger partial charge in [-0.1, -0.05) is 0 Å². The third-order valence-electron chi connectivity index (χ3n) is 4.16. The van der Waals surface area contributed by atoms with Crippen LogP contribution in [0, 0.1) is 12.8 Å². The molecule has 1 N–H and O–H groups in total. The molecule has 22 heavy (non-hydrogen) atoms. The molecule has 0 saturated carbocycles. The summed E-state index contributed by atoms with van der Waals surface area (Å²) in [5.74, 6) is 0.763. The predicted molar refractivity (Wildman–Crippen MR) is 78.4 cm³/mol. The molecule has 2 aliphatic heterocycles. The molecule has 7 heteroatoms. The molecule has 0 aliphatic carbocycles. The fourth-order valence-corrected chi connectivity index (χ4v) is 3.00. The van der Waals surface area contributed by atoms with Crippen LogP contribution in [0.25, 0.3) is 0 Å². The number of rotatable bonds is 2. The molecule has 2 aliphatic rings. The van der Waals surface area contributed by atoms with Crippen LogP contribution in [0.4, 0.5) is 0 Å². The molecular weight excluding hydrogens is 286 g/mol. The van der Waals surface area contributed by atoms with Crippen molar-refractivity contribution in [2.45, 2.75) is 25.9 Å². The van der Waals surface area contributed by atoms with Crippen molar-refractivity contribution in [1.82, 2.24) is 14.9 Å². The van der Waals surface area contributed by atoms with Gasteiger partial charge in [0, 0.05) is 31.7 Å². The number of hydrogen-bond donors (Lipinski definition) is 1. The number of morpholine rings is 1. The van der Waals surface area contributed by atoms with E-state index in [0.29, 0.717) is 44.4 Å². The molecule has 7 nitrogen and oxygen atoms in total. The topological polar surface area (TPSA) is 84.5 Å². The zero-order chi connectivity index (χ0) is 15.5. The highest BCUT2D eigenvalue weighted by molar-refractivity contribution is 5.79. The average Bonchev–Trinajstić information content (AvgIpc) is 2.54. The molecule has 1 unspecified atom stereocenters. The monoisotopic (exact) mass is 307 g/mol. The summed E-state index contributed by atoms with van der Waals surface area (Å²) >= 11 is 0. The van der Waals surface area contributed by atoms with Gasteiger partial charge in [-0.2, -0.15) is 0 Å². The van der Waals surface area contributed by atoms with Gasteiger partial charge in [0.15, 0.2) is 0 Å². The third kappa shape index (κ3) is 3.36. The largest absolute Gasteiger partial charge is 0.381 e. The molecule has 2 saturated heterocycles. The second-order valence-corrected chi connectivity index (χ2v) is 5.79. The highest BCUT2D eigenvalue weighted by atomic mass is 16.5. The first-order valence-electron chi connectivity index (χ1n) is 7.69. The van der Waals surface area contributed by atoms with Gasteiger partial charge in [0.05, 0.1) is 18.8 Å². The van der Waals surface area contributed by atoms with Crippen molar-refractivity contribution in [3.05, 3.63) is 27.9 Å². The van der Waals surface area contributed by atoms with Crippen LogP contribution < -0.4 is 5.56 Å². The lowest BCUT2D eigenvalue weighted by Gasteiger charge is -2.35. The molecule has 1 atom stereocenters. The van der Waals surface area contributed by atoms with Crippen LogP contribution in [-0.2, 0) is 14.3 Å². The Labute approximate surface area is 128 Å². The van der Waals surface area contributed by atoms with Gasteiger partial charge in [-0.25, -0.2) is 4.98 Å². The Morgan fingerprint density at radius 1 is 1.36 bits per heavy atom. The van der Waals surface area contributed by atoms with E-state index in [1.54, 1.807) is 6.92 Å². The first kappa shape index (κ1) is 15.2. The summed E-state index contributed by atoms with van der Waals surface area (Å²) in [5.41, 5.74) is 0.393. The van der Waals surface area contributed by atoms with Gasteiger partial charge in [-0.05, 0) is 19.8 Å². The second kappa shape index (κ2) is 6.58. The van der Waals surface area contributed by atoms with Gasteiger partial charge in [0.25, 0.3) is 5.56 Å². The molecule has 0 bridgehead atoms. The molecule has 3 heterocycles. The fourth-order valence-electron chi connectivity index (χ4n) is 3.00. The molecular formula is C15H21N3O4. The number of aromatic amines is 1. The van der Waals surface area contributed by atoms with Crippen molar-refractivity contribution in [2.24, 2.45) is 5.92 Å². The Morgan fingerprint density at radius 3 is 2.86 bits per heavy atom. The Bertz CT molecular complexity index is 595. The number of amides is 1. The van der Waals surface area contributed by atoms with E-state index < -0.39 is 0 Å². The van der Waals surface area contributed by atoms with Gasteiger partial charge < -0.3 is 19.4 Å². The predicted octanol–water partition coefficient (Wildman–Crippen LogP) is 0.405. The van der Waals surface area contributed by atoms with Gasteiger partial charge in [-0.3, -0.25) is 9.59 Å². The van der Waals surface area contributed by atoms with Gasteiger partial charge in [0.1, 0.15) is 11.9 Å². The van der Waals surface area contributed by atoms with Gasteiger partial charge >= 0.3 is 0 Å². The number of carbonyl (C=O) groups is 1. The Kier molecular flexibility index (Phi) is 4.54. The minimum Gasteiger partial charge on any atom is -0.381 e. The Hall–Kier alpha value is -1.73. The molecule has 1 aromatic rings. The maximum Gasteiger partial charge on any atom is 0.251 e. The Balaban J connectivity index is 1.70. The molecule has 2 fully saturated rings. The summed E-state index contributed by atoms with van der Waals surface area (Å²) < 4.78 is 11.0.